The number of aryl methyl sites for hydroxylation is 2. The maximum Gasteiger partial charge on any atom is 0.262 e. The van der Waals surface area contributed by atoms with E-state index in [0.29, 0.717) is 16.9 Å². The number of halogens is 2. The van der Waals surface area contributed by atoms with Gasteiger partial charge in [0.2, 0.25) is 0 Å². The van der Waals surface area contributed by atoms with Gasteiger partial charge in [-0.2, -0.15) is 0 Å². The smallest absolute Gasteiger partial charge is 0.262 e. The number of nitrogens with one attached hydrogen (secondary N) is 1. The lowest BCUT2D eigenvalue weighted by Gasteiger charge is -2.15. The first-order valence-electron chi connectivity index (χ1n) is 6.38. The van der Waals surface area contributed by atoms with Crippen LogP contribution in [0, 0.1) is 25.5 Å². The Bertz CT molecular complexity index is 776. The predicted molar refractivity (Wildman–Crippen MR) is 79.6 cm³/mol. The second kappa shape index (κ2) is 5.92. The van der Waals surface area contributed by atoms with Gasteiger partial charge in [0.05, 0.1) is 12.0 Å². The van der Waals surface area contributed by atoms with E-state index in [1.54, 1.807) is 26.0 Å². The zero-order valence-electron chi connectivity index (χ0n) is 12.3. The molecular formula is C15H15F2NO3S. The molecule has 0 atom stereocenters. The highest BCUT2D eigenvalue weighted by Gasteiger charge is 2.23. The van der Waals surface area contributed by atoms with Crippen LogP contribution in [0.1, 0.15) is 11.1 Å². The van der Waals surface area contributed by atoms with Crippen LogP contribution in [0.15, 0.2) is 35.2 Å². The van der Waals surface area contributed by atoms with Gasteiger partial charge in [0.15, 0.2) is 0 Å². The molecule has 0 saturated carbocycles. The van der Waals surface area contributed by atoms with Crippen molar-refractivity contribution in [2.24, 2.45) is 0 Å². The number of sulfonamides is 1. The quantitative estimate of drug-likeness (QED) is 0.936. The van der Waals surface area contributed by atoms with E-state index in [-0.39, 0.29) is 4.90 Å². The van der Waals surface area contributed by atoms with Gasteiger partial charge in [0.1, 0.15) is 23.1 Å². The topological polar surface area (TPSA) is 55.4 Å². The molecule has 0 spiro atoms. The van der Waals surface area contributed by atoms with Gasteiger partial charge in [-0.05, 0) is 49.2 Å². The van der Waals surface area contributed by atoms with E-state index < -0.39 is 27.3 Å². The number of methoxy groups -OCH3 is 1. The van der Waals surface area contributed by atoms with Crippen molar-refractivity contribution in [1.82, 2.24) is 0 Å². The molecule has 0 aliphatic rings. The highest BCUT2D eigenvalue weighted by molar-refractivity contribution is 7.92. The predicted octanol–water partition coefficient (Wildman–Crippen LogP) is 3.39. The Labute approximate surface area is 127 Å². The molecule has 0 aliphatic heterocycles. The minimum atomic E-state index is -4.13. The van der Waals surface area contributed by atoms with Crippen LogP contribution in [0.2, 0.25) is 0 Å². The second-order valence-electron chi connectivity index (χ2n) is 4.79. The summed E-state index contributed by atoms with van der Waals surface area (Å²) in [5.74, 6) is -1.45. The van der Waals surface area contributed by atoms with Gasteiger partial charge in [-0.1, -0.05) is 6.07 Å². The summed E-state index contributed by atoms with van der Waals surface area (Å²) in [6, 6.07) is 6.20. The fourth-order valence-electron chi connectivity index (χ4n) is 2.23. The van der Waals surface area contributed by atoms with Gasteiger partial charge in [0, 0.05) is 0 Å². The summed E-state index contributed by atoms with van der Waals surface area (Å²) in [5.41, 5.74) is 0.138. The minimum absolute atomic E-state index is 0.0315. The van der Waals surface area contributed by atoms with E-state index in [1.807, 2.05) is 4.72 Å². The summed E-state index contributed by atoms with van der Waals surface area (Å²) in [5, 5.41) is 0. The molecule has 2 aromatic rings. The van der Waals surface area contributed by atoms with Crippen molar-refractivity contribution in [3.8, 4) is 5.75 Å². The highest BCUT2D eigenvalue weighted by Crippen LogP contribution is 2.28. The Morgan fingerprint density at radius 2 is 1.55 bits per heavy atom. The van der Waals surface area contributed by atoms with Crippen LogP contribution < -0.4 is 9.46 Å². The third-order valence-corrected chi connectivity index (χ3v) is 4.79. The zero-order chi connectivity index (χ0) is 16.5. The van der Waals surface area contributed by atoms with Crippen molar-refractivity contribution in [2.75, 3.05) is 11.8 Å². The SMILES string of the molecule is COc1cc(C)c(S(=O)(=O)Nc2c(F)cccc2F)c(C)c1. The molecule has 22 heavy (non-hydrogen) atoms. The van der Waals surface area contributed by atoms with Gasteiger partial charge in [-0.3, -0.25) is 4.72 Å². The number of ether oxygens (including phenoxy) is 1. The summed E-state index contributed by atoms with van der Waals surface area (Å²) in [6.07, 6.45) is 0. The summed E-state index contributed by atoms with van der Waals surface area (Å²) in [4.78, 5) is -0.0315. The maximum atomic E-state index is 13.6. The third kappa shape index (κ3) is 3.04. The Balaban J connectivity index is 2.53. The van der Waals surface area contributed by atoms with Crippen LogP contribution >= 0.6 is 0 Å². The second-order valence-corrected chi connectivity index (χ2v) is 6.41. The van der Waals surface area contributed by atoms with Crippen molar-refractivity contribution >= 4 is 15.7 Å². The van der Waals surface area contributed by atoms with Crippen LogP contribution in [0.3, 0.4) is 0 Å². The Kier molecular flexibility index (Phi) is 4.37. The van der Waals surface area contributed by atoms with E-state index >= 15 is 0 Å². The van der Waals surface area contributed by atoms with Gasteiger partial charge < -0.3 is 4.74 Å². The molecule has 0 fully saturated rings. The lowest BCUT2D eigenvalue weighted by Crippen LogP contribution is -2.17. The van der Waals surface area contributed by atoms with E-state index in [1.165, 1.54) is 7.11 Å². The van der Waals surface area contributed by atoms with Crippen LogP contribution in [-0.4, -0.2) is 15.5 Å². The standard InChI is InChI=1S/C15H15F2NO3S/c1-9-7-11(21-3)8-10(2)15(9)22(19,20)18-14-12(16)5-4-6-13(14)17/h4-8,18H,1-3H3. The van der Waals surface area contributed by atoms with Crippen molar-refractivity contribution in [3.63, 3.8) is 0 Å². The molecule has 118 valence electrons. The third-order valence-electron chi connectivity index (χ3n) is 3.14. The van der Waals surface area contributed by atoms with Crippen molar-refractivity contribution in [1.29, 1.82) is 0 Å². The van der Waals surface area contributed by atoms with E-state index in [9.17, 15) is 17.2 Å². The molecule has 0 unspecified atom stereocenters. The molecule has 2 rings (SSSR count). The lowest BCUT2D eigenvalue weighted by molar-refractivity contribution is 0.413. The lowest BCUT2D eigenvalue weighted by atomic mass is 10.1. The molecular weight excluding hydrogens is 312 g/mol. The van der Waals surface area contributed by atoms with Gasteiger partial charge in [-0.25, -0.2) is 17.2 Å². The van der Waals surface area contributed by atoms with Crippen LogP contribution in [0.25, 0.3) is 0 Å². The van der Waals surface area contributed by atoms with E-state index in [0.717, 1.165) is 18.2 Å². The van der Waals surface area contributed by atoms with Crippen molar-refractivity contribution in [3.05, 3.63) is 53.1 Å². The first kappa shape index (κ1) is 16.2. The number of hydrogen-bond acceptors (Lipinski definition) is 3. The molecule has 0 aromatic heterocycles. The summed E-state index contributed by atoms with van der Waals surface area (Å²) in [7, 11) is -2.66. The highest BCUT2D eigenvalue weighted by atomic mass is 32.2. The molecule has 2 aromatic carbocycles. The molecule has 7 heteroatoms. The van der Waals surface area contributed by atoms with Gasteiger partial charge in [-0.15, -0.1) is 0 Å². The molecule has 0 amide bonds. The fourth-order valence-corrected chi connectivity index (χ4v) is 3.76. The minimum Gasteiger partial charge on any atom is -0.497 e. The van der Waals surface area contributed by atoms with E-state index in [2.05, 4.69) is 0 Å². The Morgan fingerprint density at radius 1 is 1.05 bits per heavy atom. The summed E-state index contributed by atoms with van der Waals surface area (Å²) >= 11 is 0. The first-order valence-corrected chi connectivity index (χ1v) is 7.86. The molecule has 0 radical (unpaired) electrons. The molecule has 4 nitrogen and oxygen atoms in total. The molecule has 0 bridgehead atoms. The average Bonchev–Trinajstić information content (AvgIpc) is 2.42. The Hall–Kier alpha value is -2.15. The monoisotopic (exact) mass is 327 g/mol. The van der Waals surface area contributed by atoms with Crippen LogP contribution in [0.4, 0.5) is 14.5 Å². The van der Waals surface area contributed by atoms with Crippen molar-refractivity contribution in [2.45, 2.75) is 18.7 Å². The molecule has 0 heterocycles. The number of anilines is 1. The number of benzene rings is 2. The molecule has 0 saturated heterocycles. The van der Waals surface area contributed by atoms with Crippen molar-refractivity contribution < 1.29 is 21.9 Å². The summed E-state index contributed by atoms with van der Waals surface area (Å²) in [6.45, 7) is 3.17. The van der Waals surface area contributed by atoms with Gasteiger partial charge in [0.25, 0.3) is 10.0 Å². The first-order chi connectivity index (χ1) is 10.3. The molecule has 1 N–H and O–H groups in total. The zero-order valence-corrected chi connectivity index (χ0v) is 13.1. The van der Waals surface area contributed by atoms with E-state index in [4.69, 9.17) is 4.74 Å². The average molecular weight is 327 g/mol. The Morgan fingerprint density at radius 3 is 2.00 bits per heavy atom. The summed E-state index contributed by atoms with van der Waals surface area (Å²) < 4.78 is 59.2. The van der Waals surface area contributed by atoms with Gasteiger partial charge >= 0.3 is 0 Å². The number of hydrogen-bond donors (Lipinski definition) is 1. The maximum absolute atomic E-state index is 13.6. The largest absolute Gasteiger partial charge is 0.497 e. The van der Waals surface area contributed by atoms with Crippen LogP contribution in [0.5, 0.6) is 5.75 Å². The fraction of sp³-hybridized carbons (Fsp3) is 0.200. The number of rotatable bonds is 4. The number of para-hydroxylation sites is 1. The molecule has 0 aliphatic carbocycles. The normalized spacial score (nSPS) is 11.3. The van der Waals surface area contributed by atoms with Crippen LogP contribution in [-0.2, 0) is 10.0 Å².